The fraction of sp³-hybridized carbons (Fsp3) is 0.538. The van der Waals surface area contributed by atoms with Crippen molar-refractivity contribution in [2.75, 3.05) is 11.9 Å². The molecule has 1 atom stereocenters. The van der Waals surface area contributed by atoms with E-state index in [4.69, 9.17) is 4.74 Å². The van der Waals surface area contributed by atoms with E-state index in [0.717, 1.165) is 0 Å². The van der Waals surface area contributed by atoms with E-state index in [0.29, 0.717) is 18.1 Å². The Balaban J connectivity index is 2.59. The van der Waals surface area contributed by atoms with Crippen molar-refractivity contribution < 1.29 is 14.6 Å². The van der Waals surface area contributed by atoms with Crippen molar-refractivity contribution in [3.8, 4) is 5.88 Å². The second kappa shape index (κ2) is 6.96. The van der Waals surface area contributed by atoms with Gasteiger partial charge in [0.2, 0.25) is 11.8 Å². The van der Waals surface area contributed by atoms with Gasteiger partial charge in [0, 0.05) is 12.0 Å². The van der Waals surface area contributed by atoms with E-state index in [1.54, 1.807) is 18.2 Å². The Morgan fingerprint density at radius 1 is 1.50 bits per heavy atom. The summed E-state index contributed by atoms with van der Waals surface area (Å²) in [5.74, 6) is 0.660. The lowest BCUT2D eigenvalue weighted by atomic mass is 10.2. The Morgan fingerprint density at radius 3 is 2.83 bits per heavy atom. The molecule has 0 fully saturated rings. The van der Waals surface area contributed by atoms with Crippen LogP contribution in [0.25, 0.3) is 0 Å². The number of hydrogen-bond donors (Lipinski definition) is 2. The summed E-state index contributed by atoms with van der Waals surface area (Å²) in [4.78, 5) is 15.6. The summed E-state index contributed by atoms with van der Waals surface area (Å²) in [7, 11) is 0. The number of anilines is 1. The summed E-state index contributed by atoms with van der Waals surface area (Å²) in [6.07, 6.45) is 0.129. The molecule has 1 heterocycles. The van der Waals surface area contributed by atoms with Crippen molar-refractivity contribution in [1.29, 1.82) is 0 Å². The highest BCUT2D eigenvalue weighted by Crippen LogP contribution is 2.12. The van der Waals surface area contributed by atoms with Gasteiger partial charge in [0.1, 0.15) is 12.4 Å². The van der Waals surface area contributed by atoms with E-state index in [1.165, 1.54) is 0 Å². The van der Waals surface area contributed by atoms with Crippen LogP contribution in [0, 0.1) is 5.92 Å². The number of carbonyl (C=O) groups excluding carboxylic acids is 1. The zero-order chi connectivity index (χ0) is 13.5. The maximum atomic E-state index is 11.5. The van der Waals surface area contributed by atoms with Crippen LogP contribution in [0.2, 0.25) is 0 Å². The summed E-state index contributed by atoms with van der Waals surface area (Å²) in [6, 6.07) is 5.13. The molecule has 1 amide bonds. The predicted octanol–water partition coefficient (Wildman–Crippen LogP) is 1.83. The third kappa shape index (κ3) is 4.71. The van der Waals surface area contributed by atoms with Gasteiger partial charge in [-0.1, -0.05) is 26.8 Å². The highest BCUT2D eigenvalue weighted by molar-refractivity contribution is 5.91. The molecule has 1 rings (SSSR count). The first-order chi connectivity index (χ1) is 8.52. The molecule has 0 aromatic carbocycles. The largest absolute Gasteiger partial charge is 0.475 e. The average Bonchev–Trinajstić information content (AvgIpc) is 2.36. The van der Waals surface area contributed by atoms with Gasteiger partial charge >= 0.3 is 0 Å². The molecule has 5 heteroatoms. The lowest BCUT2D eigenvalue weighted by molar-refractivity contribution is -0.118. The van der Waals surface area contributed by atoms with Gasteiger partial charge in [0.05, 0.1) is 6.10 Å². The van der Waals surface area contributed by atoms with E-state index in [2.05, 4.69) is 10.3 Å². The van der Waals surface area contributed by atoms with Gasteiger partial charge in [0.15, 0.2) is 0 Å². The molecule has 0 aliphatic carbocycles. The van der Waals surface area contributed by atoms with Crippen LogP contribution < -0.4 is 10.1 Å². The first kappa shape index (κ1) is 14.4. The van der Waals surface area contributed by atoms with Gasteiger partial charge in [-0.3, -0.25) is 4.79 Å². The monoisotopic (exact) mass is 252 g/mol. The van der Waals surface area contributed by atoms with Crippen LogP contribution in [-0.4, -0.2) is 28.7 Å². The topological polar surface area (TPSA) is 71.5 Å². The number of aliphatic hydroxyl groups excluding tert-OH is 1. The Hall–Kier alpha value is -1.62. The number of rotatable bonds is 6. The van der Waals surface area contributed by atoms with Crippen molar-refractivity contribution in [3.63, 3.8) is 0 Å². The van der Waals surface area contributed by atoms with Crippen molar-refractivity contribution in [2.45, 2.75) is 33.3 Å². The van der Waals surface area contributed by atoms with Gasteiger partial charge in [-0.2, -0.15) is 4.98 Å². The molecule has 0 bridgehead atoms. The Morgan fingerprint density at radius 2 is 2.22 bits per heavy atom. The van der Waals surface area contributed by atoms with Crippen molar-refractivity contribution in [1.82, 2.24) is 4.98 Å². The fourth-order valence-electron chi connectivity index (χ4n) is 1.13. The molecule has 0 aliphatic heterocycles. The van der Waals surface area contributed by atoms with Crippen molar-refractivity contribution in [2.24, 2.45) is 5.92 Å². The molecule has 0 aliphatic rings. The van der Waals surface area contributed by atoms with Crippen LogP contribution >= 0.6 is 0 Å². The van der Waals surface area contributed by atoms with Crippen molar-refractivity contribution in [3.05, 3.63) is 18.2 Å². The number of aromatic nitrogens is 1. The molecule has 0 radical (unpaired) electrons. The van der Waals surface area contributed by atoms with E-state index < -0.39 is 6.10 Å². The Bertz CT molecular complexity index is 394. The lowest BCUT2D eigenvalue weighted by Crippen LogP contribution is -2.19. The number of hydrogen-bond acceptors (Lipinski definition) is 4. The van der Waals surface area contributed by atoms with Crippen LogP contribution in [0.3, 0.4) is 0 Å². The number of aliphatic hydroxyl groups is 1. The van der Waals surface area contributed by atoms with E-state index in [-0.39, 0.29) is 18.4 Å². The van der Waals surface area contributed by atoms with Gasteiger partial charge in [-0.05, 0) is 12.5 Å². The number of nitrogens with one attached hydrogen (secondary N) is 1. The van der Waals surface area contributed by atoms with Gasteiger partial charge in [-0.25, -0.2) is 0 Å². The van der Waals surface area contributed by atoms with Crippen LogP contribution in [0.1, 0.15) is 27.2 Å². The van der Waals surface area contributed by atoms with Crippen LogP contribution in [0.4, 0.5) is 5.82 Å². The number of carbonyl (C=O) groups is 1. The molecular weight excluding hydrogens is 232 g/mol. The molecule has 2 N–H and O–H groups in total. The lowest BCUT2D eigenvalue weighted by Gasteiger charge is -2.11. The summed E-state index contributed by atoms with van der Waals surface area (Å²) >= 11 is 0. The predicted molar refractivity (Wildman–Crippen MR) is 69.5 cm³/mol. The minimum absolute atomic E-state index is 0.0896. The summed E-state index contributed by atoms with van der Waals surface area (Å²) < 4.78 is 5.33. The Labute approximate surface area is 107 Å². The molecule has 100 valence electrons. The van der Waals surface area contributed by atoms with E-state index >= 15 is 0 Å². The first-order valence-electron chi connectivity index (χ1n) is 6.11. The first-order valence-corrected chi connectivity index (χ1v) is 6.11. The smallest absolute Gasteiger partial charge is 0.228 e. The second-order valence-corrected chi connectivity index (χ2v) is 4.38. The number of amides is 1. The molecule has 1 aromatic rings. The SMILES string of the molecule is CC[C@H](O)COc1cccc(NC(=O)C(C)C)n1. The molecule has 0 unspecified atom stereocenters. The third-order valence-electron chi connectivity index (χ3n) is 2.39. The average molecular weight is 252 g/mol. The third-order valence-corrected chi connectivity index (χ3v) is 2.39. The van der Waals surface area contributed by atoms with Gasteiger partial charge in [0.25, 0.3) is 0 Å². The minimum atomic E-state index is -0.499. The summed E-state index contributed by atoms with van der Waals surface area (Å²) in [5.41, 5.74) is 0. The second-order valence-electron chi connectivity index (χ2n) is 4.38. The maximum absolute atomic E-state index is 11.5. The quantitative estimate of drug-likeness (QED) is 0.810. The highest BCUT2D eigenvalue weighted by atomic mass is 16.5. The molecule has 18 heavy (non-hydrogen) atoms. The zero-order valence-electron chi connectivity index (χ0n) is 11.0. The van der Waals surface area contributed by atoms with Crippen LogP contribution in [-0.2, 0) is 4.79 Å². The van der Waals surface area contributed by atoms with Crippen LogP contribution in [0.5, 0.6) is 5.88 Å². The Kier molecular flexibility index (Phi) is 5.58. The van der Waals surface area contributed by atoms with E-state index in [1.807, 2.05) is 20.8 Å². The molecule has 0 spiro atoms. The minimum Gasteiger partial charge on any atom is -0.475 e. The maximum Gasteiger partial charge on any atom is 0.228 e. The normalized spacial score (nSPS) is 12.3. The molecule has 5 nitrogen and oxygen atoms in total. The molecule has 0 saturated carbocycles. The van der Waals surface area contributed by atoms with Gasteiger partial charge < -0.3 is 15.2 Å². The number of nitrogens with zero attached hydrogens (tertiary/aromatic N) is 1. The summed E-state index contributed by atoms with van der Waals surface area (Å²) in [5, 5.41) is 12.1. The van der Waals surface area contributed by atoms with Crippen molar-refractivity contribution >= 4 is 11.7 Å². The van der Waals surface area contributed by atoms with Crippen LogP contribution in [0.15, 0.2) is 18.2 Å². The van der Waals surface area contributed by atoms with E-state index in [9.17, 15) is 9.90 Å². The molecule has 1 aromatic heterocycles. The number of ether oxygens (including phenoxy) is 1. The zero-order valence-corrected chi connectivity index (χ0v) is 11.0. The van der Waals surface area contributed by atoms with Gasteiger partial charge in [-0.15, -0.1) is 0 Å². The summed E-state index contributed by atoms with van der Waals surface area (Å²) in [6.45, 7) is 5.70. The molecule has 0 saturated heterocycles. The molecular formula is C13H20N2O3. The standard InChI is InChI=1S/C13H20N2O3/c1-4-10(16)8-18-12-7-5-6-11(14-12)15-13(17)9(2)3/h5-7,9-10,16H,4,8H2,1-3H3,(H,14,15,17)/t10-/m0/s1. The highest BCUT2D eigenvalue weighted by Gasteiger charge is 2.09. The fourth-order valence-corrected chi connectivity index (χ4v) is 1.13. The number of pyridine rings is 1.